The van der Waals surface area contributed by atoms with Gasteiger partial charge in [0.15, 0.2) is 0 Å². The van der Waals surface area contributed by atoms with Crippen LogP contribution in [0.5, 0.6) is 0 Å². The maximum Gasteiger partial charge on any atom is 0.303 e. The molecule has 1 aromatic carbocycles. The van der Waals surface area contributed by atoms with Crippen molar-refractivity contribution in [1.82, 2.24) is 0 Å². The van der Waals surface area contributed by atoms with E-state index in [0.717, 1.165) is 18.4 Å². The summed E-state index contributed by atoms with van der Waals surface area (Å²) in [5.41, 5.74) is 2.33. The monoisotopic (exact) mass is 234 g/mol. The highest BCUT2D eigenvalue weighted by Crippen LogP contribution is 2.26. The average molecular weight is 234 g/mol. The zero-order chi connectivity index (χ0) is 12.7. The molecule has 0 aliphatic rings. The van der Waals surface area contributed by atoms with Crippen molar-refractivity contribution in [1.29, 1.82) is 0 Å². The number of aryl methyl sites for hydroxylation is 1. The Morgan fingerprint density at radius 3 is 2.59 bits per heavy atom. The highest BCUT2D eigenvalue weighted by molar-refractivity contribution is 5.66. The quantitative estimate of drug-likeness (QED) is 0.545. The zero-order valence-corrected chi connectivity index (χ0v) is 11.0. The predicted molar refractivity (Wildman–Crippen MR) is 69.8 cm³/mol. The van der Waals surface area contributed by atoms with Crippen molar-refractivity contribution in [2.24, 2.45) is 0 Å². The minimum Gasteiger partial charge on any atom is -0.458 e. The molecule has 1 unspecified atom stereocenters. The van der Waals surface area contributed by atoms with E-state index in [1.165, 1.54) is 25.3 Å². The Hall–Kier alpha value is -1.31. The van der Waals surface area contributed by atoms with Crippen LogP contribution in [-0.2, 0) is 9.53 Å². The lowest BCUT2D eigenvalue weighted by molar-refractivity contribution is -0.147. The number of ether oxygens (including phenoxy) is 1. The lowest BCUT2D eigenvalue weighted by atomic mass is 9.99. The minimum absolute atomic E-state index is 0.0831. The average Bonchev–Trinajstić information content (AvgIpc) is 2.28. The van der Waals surface area contributed by atoms with Gasteiger partial charge in [-0.25, -0.2) is 0 Å². The molecule has 0 aromatic heterocycles. The van der Waals surface area contributed by atoms with Crippen LogP contribution in [0.15, 0.2) is 24.3 Å². The first-order valence-electron chi connectivity index (χ1n) is 6.38. The topological polar surface area (TPSA) is 26.3 Å². The van der Waals surface area contributed by atoms with Gasteiger partial charge < -0.3 is 4.74 Å². The highest BCUT2D eigenvalue weighted by atomic mass is 16.5. The first-order valence-corrected chi connectivity index (χ1v) is 6.38. The lowest BCUT2D eigenvalue weighted by Gasteiger charge is -2.19. The first kappa shape index (κ1) is 13.8. The van der Waals surface area contributed by atoms with Gasteiger partial charge in [0, 0.05) is 6.92 Å². The van der Waals surface area contributed by atoms with Crippen LogP contribution in [-0.4, -0.2) is 5.97 Å². The van der Waals surface area contributed by atoms with E-state index >= 15 is 0 Å². The SMILES string of the molecule is CCCCCC(OC(C)=O)c1ccccc1C. The molecule has 0 saturated heterocycles. The van der Waals surface area contributed by atoms with Crippen molar-refractivity contribution in [3.05, 3.63) is 35.4 Å². The van der Waals surface area contributed by atoms with E-state index in [2.05, 4.69) is 26.0 Å². The van der Waals surface area contributed by atoms with Gasteiger partial charge in [-0.05, 0) is 30.9 Å². The Morgan fingerprint density at radius 2 is 2.00 bits per heavy atom. The van der Waals surface area contributed by atoms with Crippen LogP contribution in [0.2, 0.25) is 0 Å². The van der Waals surface area contributed by atoms with Crippen LogP contribution < -0.4 is 0 Å². The number of benzene rings is 1. The molecule has 94 valence electrons. The fraction of sp³-hybridized carbons (Fsp3) is 0.533. The molecule has 1 rings (SSSR count). The summed E-state index contributed by atoms with van der Waals surface area (Å²) in [6.07, 6.45) is 4.30. The second-order valence-corrected chi connectivity index (χ2v) is 4.45. The van der Waals surface area contributed by atoms with E-state index in [9.17, 15) is 4.79 Å². The van der Waals surface area contributed by atoms with E-state index in [1.54, 1.807) is 0 Å². The van der Waals surface area contributed by atoms with Gasteiger partial charge in [0.25, 0.3) is 0 Å². The van der Waals surface area contributed by atoms with Crippen LogP contribution in [0, 0.1) is 6.92 Å². The highest BCUT2D eigenvalue weighted by Gasteiger charge is 2.15. The van der Waals surface area contributed by atoms with E-state index in [1.807, 2.05) is 12.1 Å². The Balaban J connectivity index is 2.75. The second-order valence-electron chi connectivity index (χ2n) is 4.45. The third-order valence-electron chi connectivity index (χ3n) is 2.91. The van der Waals surface area contributed by atoms with Gasteiger partial charge in [-0.1, -0.05) is 44.0 Å². The van der Waals surface area contributed by atoms with E-state index in [0.29, 0.717) is 0 Å². The summed E-state index contributed by atoms with van der Waals surface area (Å²) in [4.78, 5) is 11.1. The van der Waals surface area contributed by atoms with Gasteiger partial charge in [0.2, 0.25) is 0 Å². The Morgan fingerprint density at radius 1 is 1.29 bits per heavy atom. The standard InChI is InChI=1S/C15H22O2/c1-4-5-6-11-15(17-13(3)16)14-10-8-7-9-12(14)2/h7-10,15H,4-6,11H2,1-3H3. The van der Waals surface area contributed by atoms with Gasteiger partial charge in [-0.15, -0.1) is 0 Å². The number of hydrogen-bond acceptors (Lipinski definition) is 2. The van der Waals surface area contributed by atoms with Crippen LogP contribution in [0.3, 0.4) is 0 Å². The smallest absolute Gasteiger partial charge is 0.303 e. The maximum atomic E-state index is 11.1. The molecule has 1 atom stereocenters. The Bertz CT molecular complexity index is 358. The van der Waals surface area contributed by atoms with E-state index in [-0.39, 0.29) is 12.1 Å². The molecule has 0 amide bonds. The molecule has 0 N–H and O–H groups in total. The van der Waals surface area contributed by atoms with Crippen LogP contribution >= 0.6 is 0 Å². The summed E-state index contributed by atoms with van der Waals surface area (Å²) in [5, 5.41) is 0. The molecular weight excluding hydrogens is 212 g/mol. The van der Waals surface area contributed by atoms with Crippen molar-refractivity contribution in [3.8, 4) is 0 Å². The normalized spacial score (nSPS) is 12.2. The molecule has 0 radical (unpaired) electrons. The van der Waals surface area contributed by atoms with Gasteiger partial charge >= 0.3 is 5.97 Å². The molecule has 0 saturated carbocycles. The molecule has 1 aromatic rings. The molecule has 0 fully saturated rings. The summed E-state index contributed by atoms with van der Waals surface area (Å²) in [6.45, 7) is 5.71. The van der Waals surface area contributed by atoms with Crippen molar-refractivity contribution >= 4 is 5.97 Å². The summed E-state index contributed by atoms with van der Waals surface area (Å²) in [5.74, 6) is -0.199. The molecule has 0 aliphatic heterocycles. The van der Waals surface area contributed by atoms with Crippen LogP contribution in [0.25, 0.3) is 0 Å². The van der Waals surface area contributed by atoms with Gasteiger partial charge in [-0.2, -0.15) is 0 Å². The molecule has 2 heteroatoms. The van der Waals surface area contributed by atoms with Crippen molar-refractivity contribution in [3.63, 3.8) is 0 Å². The molecular formula is C15H22O2. The first-order chi connectivity index (χ1) is 8.15. The Labute approximate surface area is 104 Å². The fourth-order valence-corrected chi connectivity index (χ4v) is 2.01. The molecule has 0 bridgehead atoms. The summed E-state index contributed by atoms with van der Waals surface area (Å²) >= 11 is 0. The number of esters is 1. The molecule has 0 spiro atoms. The fourth-order valence-electron chi connectivity index (χ4n) is 2.01. The zero-order valence-electron chi connectivity index (χ0n) is 11.0. The van der Waals surface area contributed by atoms with E-state index in [4.69, 9.17) is 4.74 Å². The molecule has 2 nitrogen and oxygen atoms in total. The number of carbonyl (C=O) groups excluding carboxylic acids is 1. The molecule has 0 heterocycles. The van der Waals surface area contributed by atoms with Crippen LogP contribution in [0.4, 0.5) is 0 Å². The summed E-state index contributed by atoms with van der Waals surface area (Å²) in [7, 11) is 0. The summed E-state index contributed by atoms with van der Waals surface area (Å²) in [6, 6.07) is 8.12. The Kier molecular flexibility index (Phi) is 5.75. The van der Waals surface area contributed by atoms with Gasteiger partial charge in [0.1, 0.15) is 6.10 Å². The minimum atomic E-state index is -0.199. The lowest BCUT2D eigenvalue weighted by Crippen LogP contribution is -2.10. The van der Waals surface area contributed by atoms with Gasteiger partial charge in [-0.3, -0.25) is 4.79 Å². The van der Waals surface area contributed by atoms with Gasteiger partial charge in [0.05, 0.1) is 0 Å². The maximum absolute atomic E-state index is 11.1. The van der Waals surface area contributed by atoms with E-state index < -0.39 is 0 Å². The van der Waals surface area contributed by atoms with Crippen molar-refractivity contribution in [2.45, 2.75) is 52.6 Å². The number of rotatable bonds is 6. The van der Waals surface area contributed by atoms with Crippen molar-refractivity contribution < 1.29 is 9.53 Å². The molecule has 17 heavy (non-hydrogen) atoms. The van der Waals surface area contributed by atoms with Crippen molar-refractivity contribution in [2.75, 3.05) is 0 Å². The predicted octanol–water partition coefficient (Wildman–Crippen LogP) is 4.18. The summed E-state index contributed by atoms with van der Waals surface area (Å²) < 4.78 is 5.42. The largest absolute Gasteiger partial charge is 0.458 e. The molecule has 0 aliphatic carbocycles. The van der Waals surface area contributed by atoms with Crippen LogP contribution in [0.1, 0.15) is 56.8 Å². The number of unbranched alkanes of at least 4 members (excludes halogenated alkanes) is 2. The second kappa shape index (κ2) is 7.10. The number of hydrogen-bond donors (Lipinski definition) is 0. The third-order valence-corrected chi connectivity index (χ3v) is 2.91. The number of carbonyl (C=O) groups is 1. The third kappa shape index (κ3) is 4.59.